The van der Waals surface area contributed by atoms with Crippen LogP contribution in [0.25, 0.3) is 10.9 Å². The number of hydrogen-bond acceptors (Lipinski definition) is 2. The molecule has 0 aliphatic carbocycles. The fourth-order valence-electron chi connectivity index (χ4n) is 3.40. The van der Waals surface area contributed by atoms with Gasteiger partial charge < -0.3 is 19.9 Å². The number of aromatic amines is 1. The number of nitrogens with zero attached hydrogens (tertiary/aromatic N) is 2. The lowest BCUT2D eigenvalue weighted by molar-refractivity contribution is 0.157. The van der Waals surface area contributed by atoms with E-state index in [1.54, 1.807) is 7.11 Å². The normalized spacial score (nSPS) is 17.8. The molecular weight excluding hydrogens is 434 g/mol. The second kappa shape index (κ2) is 9.38. The molecule has 1 aromatic heterocycles. The molecule has 2 N–H and O–H groups in total. The minimum Gasteiger partial charge on any atom is -0.384 e. The van der Waals surface area contributed by atoms with Crippen LogP contribution in [0.15, 0.2) is 29.4 Å². The zero-order chi connectivity index (χ0) is 16.9. The van der Waals surface area contributed by atoms with Crippen molar-refractivity contribution in [3.05, 3.63) is 35.8 Å². The molecule has 1 aliphatic rings. The lowest BCUT2D eigenvalue weighted by Crippen LogP contribution is -2.41. The Morgan fingerprint density at radius 3 is 3.08 bits per heavy atom. The van der Waals surface area contributed by atoms with Gasteiger partial charge in [-0.1, -0.05) is 0 Å². The van der Waals surface area contributed by atoms with Crippen molar-refractivity contribution in [2.45, 2.75) is 12.8 Å². The van der Waals surface area contributed by atoms with Crippen LogP contribution in [0.2, 0.25) is 0 Å². The Balaban J connectivity index is 0.00000225. The predicted octanol–water partition coefficient (Wildman–Crippen LogP) is 3.01. The molecule has 0 spiro atoms. The zero-order valence-electron chi connectivity index (χ0n) is 14.7. The van der Waals surface area contributed by atoms with Crippen molar-refractivity contribution in [1.29, 1.82) is 0 Å². The van der Waals surface area contributed by atoms with Crippen molar-refractivity contribution < 1.29 is 9.13 Å². The number of guanidine groups is 1. The number of fused-ring (bicyclic) bond motifs is 1. The van der Waals surface area contributed by atoms with E-state index in [2.05, 4.69) is 20.2 Å². The number of ether oxygens (including phenoxy) is 1. The van der Waals surface area contributed by atoms with Crippen molar-refractivity contribution in [2.75, 3.05) is 40.4 Å². The van der Waals surface area contributed by atoms with Crippen LogP contribution in [0.4, 0.5) is 4.39 Å². The van der Waals surface area contributed by atoms with E-state index < -0.39 is 0 Å². The maximum Gasteiger partial charge on any atom is 0.193 e. The second-order valence-corrected chi connectivity index (χ2v) is 6.28. The molecule has 1 atom stereocenters. The lowest BCUT2D eigenvalue weighted by atomic mass is 10.1. The Morgan fingerprint density at radius 1 is 1.48 bits per heavy atom. The minimum atomic E-state index is -0.214. The van der Waals surface area contributed by atoms with Crippen LogP contribution in [-0.4, -0.2) is 56.2 Å². The quantitative estimate of drug-likeness (QED) is 0.410. The zero-order valence-corrected chi connectivity index (χ0v) is 17.0. The minimum absolute atomic E-state index is 0. The average molecular weight is 460 g/mol. The number of H-pyrrole nitrogens is 1. The fraction of sp³-hybridized carbons (Fsp3) is 0.500. The number of aliphatic imine (C=N–C) groups is 1. The van der Waals surface area contributed by atoms with E-state index in [9.17, 15) is 4.39 Å². The first-order chi connectivity index (χ1) is 11.7. The van der Waals surface area contributed by atoms with Gasteiger partial charge in [-0.3, -0.25) is 4.99 Å². The number of hydrogen-bond donors (Lipinski definition) is 2. The van der Waals surface area contributed by atoms with Gasteiger partial charge >= 0.3 is 0 Å². The summed E-state index contributed by atoms with van der Waals surface area (Å²) in [5.41, 5.74) is 2.03. The van der Waals surface area contributed by atoms with E-state index in [0.29, 0.717) is 5.92 Å². The van der Waals surface area contributed by atoms with Crippen LogP contribution in [0, 0.1) is 11.7 Å². The molecule has 1 aliphatic heterocycles. The summed E-state index contributed by atoms with van der Waals surface area (Å²) in [7, 11) is 3.57. The maximum absolute atomic E-state index is 13.2. The third-order valence-electron chi connectivity index (χ3n) is 4.61. The molecule has 1 saturated heterocycles. The largest absolute Gasteiger partial charge is 0.384 e. The first kappa shape index (κ1) is 20.0. The predicted molar refractivity (Wildman–Crippen MR) is 110 cm³/mol. The summed E-state index contributed by atoms with van der Waals surface area (Å²) in [6.07, 6.45) is 3.96. The van der Waals surface area contributed by atoms with Crippen LogP contribution >= 0.6 is 24.0 Å². The molecule has 0 saturated carbocycles. The number of nitrogens with one attached hydrogen (secondary N) is 2. The Morgan fingerprint density at radius 2 is 2.32 bits per heavy atom. The summed E-state index contributed by atoms with van der Waals surface area (Å²) in [5, 5.41) is 4.51. The summed E-state index contributed by atoms with van der Waals surface area (Å²) in [5.74, 6) is 1.31. The number of likely N-dealkylation sites (tertiary alicyclic amines) is 1. The van der Waals surface area contributed by atoms with E-state index in [4.69, 9.17) is 4.74 Å². The summed E-state index contributed by atoms with van der Waals surface area (Å²) in [4.78, 5) is 9.81. The van der Waals surface area contributed by atoms with Crippen LogP contribution in [-0.2, 0) is 11.2 Å². The van der Waals surface area contributed by atoms with Gasteiger partial charge in [0.25, 0.3) is 0 Å². The molecule has 1 unspecified atom stereocenters. The van der Waals surface area contributed by atoms with Gasteiger partial charge in [0.05, 0.1) is 6.61 Å². The van der Waals surface area contributed by atoms with Crippen LogP contribution < -0.4 is 5.32 Å². The van der Waals surface area contributed by atoms with E-state index in [1.807, 2.05) is 19.3 Å². The number of halogens is 2. The second-order valence-electron chi connectivity index (χ2n) is 6.28. The molecule has 1 aromatic carbocycles. The molecule has 1 fully saturated rings. The molecule has 0 amide bonds. The van der Waals surface area contributed by atoms with Crippen LogP contribution in [0.5, 0.6) is 0 Å². The maximum atomic E-state index is 13.2. The summed E-state index contributed by atoms with van der Waals surface area (Å²) >= 11 is 0. The Labute approximate surface area is 165 Å². The van der Waals surface area contributed by atoms with Gasteiger partial charge in [-0.05, 0) is 36.6 Å². The van der Waals surface area contributed by atoms with Gasteiger partial charge in [0, 0.05) is 56.8 Å². The van der Waals surface area contributed by atoms with E-state index >= 15 is 0 Å². The van der Waals surface area contributed by atoms with E-state index in [-0.39, 0.29) is 29.8 Å². The number of rotatable bonds is 5. The molecule has 0 bridgehead atoms. The van der Waals surface area contributed by atoms with E-state index in [1.165, 1.54) is 17.7 Å². The standard InChI is InChI=1S/C18H25FN4O.HI/c1-20-18(23-8-6-13(11-23)12-24-2)21-7-5-14-10-22-17-9-15(19)3-4-16(14)17;/h3-4,9-10,13,22H,5-8,11-12H2,1-2H3,(H,20,21);1H. The van der Waals surface area contributed by atoms with Crippen molar-refractivity contribution >= 4 is 40.8 Å². The molecule has 0 radical (unpaired) electrons. The Bertz CT molecular complexity index is 718. The topological polar surface area (TPSA) is 52.7 Å². The molecule has 2 heterocycles. The highest BCUT2D eigenvalue weighted by atomic mass is 127. The first-order valence-electron chi connectivity index (χ1n) is 8.41. The summed E-state index contributed by atoms with van der Waals surface area (Å²) in [6.45, 7) is 3.60. The van der Waals surface area contributed by atoms with E-state index in [0.717, 1.165) is 55.9 Å². The molecule has 25 heavy (non-hydrogen) atoms. The Kier molecular flexibility index (Phi) is 7.49. The van der Waals surface area contributed by atoms with Crippen LogP contribution in [0.1, 0.15) is 12.0 Å². The highest BCUT2D eigenvalue weighted by Crippen LogP contribution is 2.20. The highest BCUT2D eigenvalue weighted by Gasteiger charge is 2.24. The number of aromatic nitrogens is 1. The van der Waals surface area contributed by atoms with Gasteiger partial charge in [0.15, 0.2) is 5.96 Å². The molecule has 3 rings (SSSR count). The van der Waals surface area contributed by atoms with Gasteiger partial charge in [-0.15, -0.1) is 24.0 Å². The van der Waals surface area contributed by atoms with Crippen molar-refractivity contribution in [3.63, 3.8) is 0 Å². The monoisotopic (exact) mass is 460 g/mol. The summed E-state index contributed by atoms with van der Waals surface area (Å²) < 4.78 is 18.5. The highest BCUT2D eigenvalue weighted by molar-refractivity contribution is 14.0. The van der Waals surface area contributed by atoms with Gasteiger partial charge in [-0.2, -0.15) is 0 Å². The van der Waals surface area contributed by atoms with Crippen molar-refractivity contribution in [2.24, 2.45) is 10.9 Å². The smallest absolute Gasteiger partial charge is 0.193 e. The SMILES string of the molecule is CN=C(NCCc1c[nH]c2cc(F)ccc12)N1CCC(COC)C1.I. The molecule has 7 heteroatoms. The first-order valence-corrected chi connectivity index (χ1v) is 8.41. The summed E-state index contributed by atoms with van der Waals surface area (Å²) in [6, 6.07) is 4.87. The van der Waals surface area contributed by atoms with Crippen molar-refractivity contribution in [1.82, 2.24) is 15.2 Å². The Hall–Kier alpha value is -1.35. The molecule has 5 nitrogen and oxygen atoms in total. The molecule has 138 valence electrons. The third-order valence-corrected chi connectivity index (χ3v) is 4.61. The molecule has 2 aromatic rings. The fourth-order valence-corrected chi connectivity index (χ4v) is 3.40. The number of benzene rings is 1. The van der Waals surface area contributed by atoms with Gasteiger partial charge in [0.1, 0.15) is 5.82 Å². The van der Waals surface area contributed by atoms with Gasteiger partial charge in [-0.25, -0.2) is 4.39 Å². The van der Waals surface area contributed by atoms with Gasteiger partial charge in [0.2, 0.25) is 0 Å². The molecular formula is C18H26FIN4O. The van der Waals surface area contributed by atoms with Crippen LogP contribution in [0.3, 0.4) is 0 Å². The average Bonchev–Trinajstić information content (AvgIpc) is 3.19. The van der Waals surface area contributed by atoms with Crippen molar-refractivity contribution in [3.8, 4) is 0 Å². The third kappa shape index (κ3) is 4.84. The number of methoxy groups -OCH3 is 1. The lowest BCUT2D eigenvalue weighted by Gasteiger charge is -2.21.